The largest absolute Gasteiger partial charge is 0.250 e. The van der Waals surface area contributed by atoms with Gasteiger partial charge in [0.05, 0.1) is 0 Å². The van der Waals surface area contributed by atoms with Crippen molar-refractivity contribution in [3.05, 3.63) is 0 Å². The molecule has 2 rings (SSSR count). The van der Waals surface area contributed by atoms with E-state index >= 15 is 0 Å². The van der Waals surface area contributed by atoms with Crippen LogP contribution in [0.2, 0.25) is 0 Å². The molecule has 0 N–H and O–H groups in total. The van der Waals surface area contributed by atoms with Gasteiger partial charge < -0.3 is 0 Å². The summed E-state index contributed by atoms with van der Waals surface area (Å²) in [6.45, 7) is 0. The van der Waals surface area contributed by atoms with E-state index in [9.17, 15) is 8.78 Å². The second-order valence-electron chi connectivity index (χ2n) is 5.22. The van der Waals surface area contributed by atoms with Gasteiger partial charge in [0.1, 0.15) is 0 Å². The Labute approximate surface area is 98.9 Å². The van der Waals surface area contributed by atoms with Gasteiger partial charge in [-0.15, -0.1) is 0 Å². The average Bonchev–Trinajstić information content (AvgIpc) is 2.55. The molecule has 2 saturated carbocycles. The molecule has 3 atom stereocenters. The summed E-state index contributed by atoms with van der Waals surface area (Å²) in [5.41, 5.74) is 0. The second-order valence-corrected chi connectivity index (χ2v) is 6.51. The van der Waals surface area contributed by atoms with E-state index in [1.807, 2.05) is 0 Å². The third-order valence-electron chi connectivity index (χ3n) is 4.01. The smallest absolute Gasteiger partial charge is 0.207 e. The number of halogens is 3. The maximum atomic E-state index is 13.6. The van der Waals surface area contributed by atoms with Crippen LogP contribution in [0.1, 0.15) is 51.4 Å². The van der Waals surface area contributed by atoms with E-state index in [0.717, 1.165) is 38.5 Å². The molecule has 0 aromatic heterocycles. The summed E-state index contributed by atoms with van der Waals surface area (Å²) in [5, 5.41) is 0. The fourth-order valence-electron chi connectivity index (χ4n) is 3.09. The third-order valence-corrected chi connectivity index (χ3v) is 4.84. The van der Waals surface area contributed by atoms with Crippen LogP contribution in [0.3, 0.4) is 0 Å². The molecule has 0 radical (unpaired) electrons. The zero-order valence-corrected chi connectivity index (χ0v) is 10.6. The monoisotopic (exact) mass is 280 g/mol. The molecule has 0 aromatic carbocycles. The number of rotatable bonds is 2. The highest BCUT2D eigenvalue weighted by molar-refractivity contribution is 9.09. The minimum Gasteiger partial charge on any atom is -0.207 e. The van der Waals surface area contributed by atoms with Crippen LogP contribution in [0.5, 0.6) is 0 Å². The predicted molar refractivity (Wildman–Crippen MR) is 61.6 cm³/mol. The summed E-state index contributed by atoms with van der Waals surface area (Å²) in [7, 11) is 0. The molecule has 0 aromatic rings. The molecule has 0 amide bonds. The van der Waals surface area contributed by atoms with E-state index in [0.29, 0.717) is 10.7 Å². The Balaban J connectivity index is 1.87. The lowest BCUT2D eigenvalue weighted by Crippen LogP contribution is -2.32. The van der Waals surface area contributed by atoms with Crippen molar-refractivity contribution in [2.24, 2.45) is 11.8 Å². The van der Waals surface area contributed by atoms with E-state index in [4.69, 9.17) is 0 Å². The molecule has 0 nitrogen and oxygen atoms in total. The summed E-state index contributed by atoms with van der Waals surface area (Å²) >= 11 is 3.58. The summed E-state index contributed by atoms with van der Waals surface area (Å²) in [6.07, 6.45) is 6.77. The van der Waals surface area contributed by atoms with Crippen molar-refractivity contribution in [2.45, 2.75) is 62.1 Å². The molecular formula is C12H19BrF2. The maximum Gasteiger partial charge on any atom is 0.250 e. The maximum absolute atomic E-state index is 13.6. The second kappa shape index (κ2) is 4.68. The van der Waals surface area contributed by atoms with E-state index in [-0.39, 0.29) is 12.3 Å². The molecular weight excluding hydrogens is 262 g/mol. The SMILES string of the molecule is FC1(F)CCCCC1CC1CCC(Br)C1. The quantitative estimate of drug-likeness (QED) is 0.640. The highest BCUT2D eigenvalue weighted by Crippen LogP contribution is 2.44. The van der Waals surface area contributed by atoms with Gasteiger partial charge >= 0.3 is 0 Å². The van der Waals surface area contributed by atoms with Gasteiger partial charge in [-0.1, -0.05) is 22.4 Å². The summed E-state index contributed by atoms with van der Waals surface area (Å²) in [6, 6.07) is 0. The fourth-order valence-corrected chi connectivity index (χ4v) is 3.88. The Kier molecular flexibility index (Phi) is 3.69. The van der Waals surface area contributed by atoms with Gasteiger partial charge in [0.25, 0.3) is 5.92 Å². The number of alkyl halides is 3. The predicted octanol–water partition coefficient (Wildman–Crippen LogP) is 4.77. The lowest BCUT2D eigenvalue weighted by atomic mass is 9.79. The van der Waals surface area contributed by atoms with Crippen molar-refractivity contribution >= 4 is 15.9 Å². The van der Waals surface area contributed by atoms with Crippen LogP contribution in [0.15, 0.2) is 0 Å². The van der Waals surface area contributed by atoms with Crippen LogP contribution in [0.4, 0.5) is 8.78 Å². The Bertz CT molecular complexity index is 218. The van der Waals surface area contributed by atoms with Crippen LogP contribution in [0.25, 0.3) is 0 Å². The summed E-state index contributed by atoms with van der Waals surface area (Å²) in [4.78, 5) is 0.583. The highest BCUT2D eigenvalue weighted by atomic mass is 79.9. The first-order valence-corrected chi connectivity index (χ1v) is 7.01. The minimum atomic E-state index is -2.37. The van der Waals surface area contributed by atoms with Crippen LogP contribution < -0.4 is 0 Å². The van der Waals surface area contributed by atoms with Gasteiger partial charge in [-0.3, -0.25) is 0 Å². The first-order chi connectivity index (χ1) is 7.08. The van der Waals surface area contributed by atoms with Crippen molar-refractivity contribution < 1.29 is 8.78 Å². The first-order valence-electron chi connectivity index (χ1n) is 6.10. The number of hydrogen-bond acceptors (Lipinski definition) is 0. The lowest BCUT2D eigenvalue weighted by Gasteiger charge is -2.32. The van der Waals surface area contributed by atoms with E-state index < -0.39 is 5.92 Å². The van der Waals surface area contributed by atoms with Crippen LogP contribution in [-0.4, -0.2) is 10.7 Å². The van der Waals surface area contributed by atoms with E-state index in [1.54, 1.807) is 0 Å². The van der Waals surface area contributed by atoms with Gasteiger partial charge in [0.2, 0.25) is 0 Å². The van der Waals surface area contributed by atoms with Crippen molar-refractivity contribution in [1.29, 1.82) is 0 Å². The molecule has 0 heterocycles. The zero-order valence-electron chi connectivity index (χ0n) is 9.02. The standard InChI is InChI=1S/C12H19BrF2/c13-11-5-4-9(8-11)7-10-3-1-2-6-12(10,14)15/h9-11H,1-8H2. The Morgan fingerprint density at radius 2 is 1.93 bits per heavy atom. The van der Waals surface area contributed by atoms with Crippen LogP contribution in [-0.2, 0) is 0 Å². The summed E-state index contributed by atoms with van der Waals surface area (Å²) in [5.74, 6) is -2.15. The molecule has 3 heteroatoms. The molecule has 15 heavy (non-hydrogen) atoms. The van der Waals surface area contributed by atoms with Gasteiger partial charge in [-0.2, -0.15) is 0 Å². The number of hydrogen-bond donors (Lipinski definition) is 0. The Morgan fingerprint density at radius 3 is 2.53 bits per heavy atom. The molecule has 0 spiro atoms. The van der Waals surface area contributed by atoms with Gasteiger partial charge in [0, 0.05) is 17.2 Å². The highest BCUT2D eigenvalue weighted by Gasteiger charge is 2.42. The van der Waals surface area contributed by atoms with Crippen LogP contribution in [0, 0.1) is 11.8 Å². The van der Waals surface area contributed by atoms with Crippen molar-refractivity contribution in [2.75, 3.05) is 0 Å². The van der Waals surface area contributed by atoms with Crippen molar-refractivity contribution in [3.63, 3.8) is 0 Å². The lowest BCUT2D eigenvalue weighted by molar-refractivity contribution is -0.0926. The Hall–Kier alpha value is 0.340. The average molecular weight is 281 g/mol. The van der Waals surface area contributed by atoms with Gasteiger partial charge in [0.15, 0.2) is 0 Å². The first kappa shape index (κ1) is 11.8. The normalized spacial score (nSPS) is 40.6. The van der Waals surface area contributed by atoms with Crippen LogP contribution >= 0.6 is 15.9 Å². The molecule has 88 valence electrons. The van der Waals surface area contributed by atoms with E-state index in [2.05, 4.69) is 15.9 Å². The van der Waals surface area contributed by atoms with Gasteiger partial charge in [-0.05, 0) is 44.4 Å². The fraction of sp³-hybridized carbons (Fsp3) is 1.00. The summed E-state index contributed by atoms with van der Waals surface area (Å²) < 4.78 is 27.2. The van der Waals surface area contributed by atoms with Crippen molar-refractivity contribution in [3.8, 4) is 0 Å². The molecule has 2 fully saturated rings. The molecule has 0 saturated heterocycles. The Morgan fingerprint density at radius 1 is 1.13 bits per heavy atom. The topological polar surface area (TPSA) is 0 Å². The molecule has 0 aliphatic heterocycles. The molecule has 2 aliphatic rings. The molecule has 2 aliphatic carbocycles. The molecule has 0 bridgehead atoms. The third kappa shape index (κ3) is 2.92. The van der Waals surface area contributed by atoms with E-state index in [1.165, 1.54) is 6.42 Å². The molecule has 3 unspecified atom stereocenters. The van der Waals surface area contributed by atoms with Gasteiger partial charge in [-0.25, -0.2) is 8.78 Å². The minimum absolute atomic E-state index is 0.127. The zero-order chi connectivity index (χ0) is 10.9. The van der Waals surface area contributed by atoms with Crippen molar-refractivity contribution in [1.82, 2.24) is 0 Å².